The molecular weight excluding hydrogens is 371 g/mol. The minimum Gasteiger partial charge on any atom is -0.319 e. The first-order valence-corrected chi connectivity index (χ1v) is 8.57. The van der Waals surface area contributed by atoms with E-state index in [1.54, 1.807) is 43.3 Å². The van der Waals surface area contributed by atoms with Crippen LogP contribution in [0.25, 0.3) is 0 Å². The van der Waals surface area contributed by atoms with E-state index in [9.17, 15) is 14.4 Å². The molecular formula is C16H12Cl2N2O3S. The number of amides is 3. The minimum absolute atomic E-state index is 0.329. The van der Waals surface area contributed by atoms with Crippen molar-refractivity contribution < 1.29 is 14.4 Å². The number of carbonyl (C=O) groups is 3. The quantitative estimate of drug-likeness (QED) is 0.647. The summed E-state index contributed by atoms with van der Waals surface area (Å²) in [4.78, 5) is 38.5. The molecule has 1 aliphatic rings. The van der Waals surface area contributed by atoms with Gasteiger partial charge in [-0.05, 0) is 36.8 Å². The first kappa shape index (κ1) is 17.0. The largest absolute Gasteiger partial charge is 0.325 e. The third-order valence-electron chi connectivity index (χ3n) is 3.85. The van der Waals surface area contributed by atoms with Gasteiger partial charge in [0.25, 0.3) is 5.91 Å². The van der Waals surface area contributed by atoms with Gasteiger partial charge in [0.2, 0.25) is 0 Å². The number of nitrogens with zero attached hydrogens (tertiary/aromatic N) is 1. The summed E-state index contributed by atoms with van der Waals surface area (Å²) < 4.78 is 0.474. The number of rotatable bonds is 4. The molecule has 1 saturated heterocycles. The second-order valence-electron chi connectivity index (χ2n) is 5.48. The molecule has 124 valence electrons. The van der Waals surface area contributed by atoms with Gasteiger partial charge in [-0.1, -0.05) is 35.3 Å². The van der Waals surface area contributed by atoms with Crippen LogP contribution < -0.4 is 5.32 Å². The van der Waals surface area contributed by atoms with Crippen LogP contribution >= 0.6 is 34.5 Å². The summed E-state index contributed by atoms with van der Waals surface area (Å²) in [5, 5.41) is 3.18. The Balaban J connectivity index is 1.83. The van der Waals surface area contributed by atoms with Crippen LogP contribution in [0.4, 0.5) is 4.79 Å². The van der Waals surface area contributed by atoms with E-state index in [0.717, 1.165) is 16.2 Å². The van der Waals surface area contributed by atoms with Crippen LogP contribution in [0.1, 0.15) is 22.2 Å². The molecule has 2 heterocycles. The number of benzene rings is 1. The van der Waals surface area contributed by atoms with Crippen molar-refractivity contribution in [2.75, 3.05) is 6.54 Å². The zero-order valence-electron chi connectivity index (χ0n) is 12.5. The van der Waals surface area contributed by atoms with Crippen molar-refractivity contribution in [3.63, 3.8) is 0 Å². The molecule has 0 radical (unpaired) electrons. The van der Waals surface area contributed by atoms with Crippen LogP contribution in [0.2, 0.25) is 9.36 Å². The smallest absolute Gasteiger partial charge is 0.319 e. The van der Waals surface area contributed by atoms with Gasteiger partial charge in [-0.3, -0.25) is 14.5 Å². The van der Waals surface area contributed by atoms with Gasteiger partial charge in [-0.25, -0.2) is 4.79 Å². The maximum Gasteiger partial charge on any atom is 0.325 e. The predicted octanol–water partition coefficient (Wildman–Crippen LogP) is 3.70. The van der Waals surface area contributed by atoms with Crippen molar-refractivity contribution >= 4 is 52.3 Å². The number of ketones is 1. The number of thiophene rings is 1. The first-order chi connectivity index (χ1) is 11.3. The first-order valence-electron chi connectivity index (χ1n) is 7.00. The number of Topliss-reactive ketones (excluding diaryl/α,β-unsaturated/α-hetero) is 1. The van der Waals surface area contributed by atoms with Crippen LogP contribution in [0.3, 0.4) is 0 Å². The van der Waals surface area contributed by atoms with Crippen LogP contribution in [-0.2, 0) is 10.3 Å². The molecule has 1 aromatic carbocycles. The predicted molar refractivity (Wildman–Crippen MR) is 92.7 cm³/mol. The van der Waals surface area contributed by atoms with Gasteiger partial charge in [0, 0.05) is 5.02 Å². The van der Waals surface area contributed by atoms with E-state index in [-0.39, 0.29) is 12.3 Å². The van der Waals surface area contributed by atoms with E-state index in [4.69, 9.17) is 23.2 Å². The summed E-state index contributed by atoms with van der Waals surface area (Å²) in [5.41, 5.74) is -0.630. The monoisotopic (exact) mass is 382 g/mol. The van der Waals surface area contributed by atoms with Gasteiger partial charge in [0.15, 0.2) is 5.78 Å². The fraction of sp³-hybridized carbons (Fsp3) is 0.188. The number of imide groups is 1. The Kier molecular flexibility index (Phi) is 4.38. The van der Waals surface area contributed by atoms with Gasteiger partial charge >= 0.3 is 6.03 Å². The molecule has 0 aliphatic carbocycles. The molecule has 24 heavy (non-hydrogen) atoms. The average molecular weight is 383 g/mol. The molecule has 3 rings (SSSR count). The second-order valence-corrected chi connectivity index (χ2v) is 7.63. The Bertz CT molecular complexity index is 834. The zero-order valence-corrected chi connectivity index (χ0v) is 14.8. The molecule has 1 atom stereocenters. The lowest BCUT2D eigenvalue weighted by Gasteiger charge is -2.22. The highest BCUT2D eigenvalue weighted by Crippen LogP contribution is 2.30. The van der Waals surface area contributed by atoms with E-state index < -0.39 is 17.5 Å². The van der Waals surface area contributed by atoms with Gasteiger partial charge in [0.05, 0.1) is 15.8 Å². The molecule has 0 spiro atoms. The summed E-state index contributed by atoms with van der Waals surface area (Å²) in [7, 11) is 0. The summed E-state index contributed by atoms with van der Waals surface area (Å²) in [5.74, 6) is -0.818. The number of halogens is 2. The van der Waals surface area contributed by atoms with E-state index in [1.807, 2.05) is 0 Å². The van der Waals surface area contributed by atoms with E-state index >= 15 is 0 Å². The lowest BCUT2D eigenvalue weighted by molar-refractivity contribution is -0.130. The highest BCUT2D eigenvalue weighted by molar-refractivity contribution is 7.18. The van der Waals surface area contributed by atoms with E-state index in [0.29, 0.717) is 19.8 Å². The Morgan fingerprint density at radius 2 is 1.83 bits per heavy atom. The molecule has 1 N–H and O–H groups in total. The SMILES string of the molecule is C[C@]1(c2ccc(Cl)cc2)NC(=O)N(CC(=O)c2ccc(Cl)s2)C1=O. The van der Waals surface area contributed by atoms with E-state index in [1.165, 1.54) is 0 Å². The third kappa shape index (κ3) is 2.92. The van der Waals surface area contributed by atoms with E-state index in [2.05, 4.69) is 5.32 Å². The van der Waals surface area contributed by atoms with Crippen LogP contribution in [0.15, 0.2) is 36.4 Å². The van der Waals surface area contributed by atoms with Crippen molar-refractivity contribution in [2.24, 2.45) is 0 Å². The van der Waals surface area contributed by atoms with Crippen LogP contribution in [-0.4, -0.2) is 29.2 Å². The Hall–Kier alpha value is -1.89. The molecule has 5 nitrogen and oxygen atoms in total. The normalized spacial score (nSPS) is 20.4. The van der Waals surface area contributed by atoms with Gasteiger partial charge in [-0.2, -0.15) is 0 Å². The number of nitrogens with one attached hydrogen (secondary N) is 1. The minimum atomic E-state index is -1.23. The van der Waals surface area contributed by atoms with Gasteiger partial charge in [-0.15, -0.1) is 11.3 Å². The van der Waals surface area contributed by atoms with Crippen molar-refractivity contribution in [3.05, 3.63) is 56.2 Å². The topological polar surface area (TPSA) is 66.5 Å². The fourth-order valence-corrected chi connectivity index (χ4v) is 3.60. The standard InChI is InChI=1S/C16H12Cl2N2O3S/c1-16(9-2-4-10(17)5-3-9)14(22)20(15(23)19-16)8-11(21)12-6-7-13(18)24-12/h2-7H,8H2,1H3,(H,19,23)/t16-/m1/s1. The molecule has 0 unspecified atom stereocenters. The highest BCUT2D eigenvalue weighted by Gasteiger charge is 2.49. The fourth-order valence-electron chi connectivity index (χ4n) is 2.51. The van der Waals surface area contributed by atoms with Crippen molar-refractivity contribution in [2.45, 2.75) is 12.5 Å². The highest BCUT2D eigenvalue weighted by atomic mass is 35.5. The number of urea groups is 1. The van der Waals surface area contributed by atoms with Gasteiger partial charge < -0.3 is 5.32 Å². The number of hydrogen-bond acceptors (Lipinski definition) is 4. The average Bonchev–Trinajstić information content (AvgIpc) is 3.06. The van der Waals surface area contributed by atoms with Crippen molar-refractivity contribution in [3.8, 4) is 0 Å². The molecule has 8 heteroatoms. The van der Waals surface area contributed by atoms with Gasteiger partial charge in [0.1, 0.15) is 5.54 Å². The number of hydrogen-bond donors (Lipinski definition) is 1. The third-order valence-corrected chi connectivity index (χ3v) is 5.37. The molecule has 3 amide bonds. The summed E-state index contributed by atoms with van der Waals surface area (Å²) >= 11 is 12.8. The summed E-state index contributed by atoms with van der Waals surface area (Å²) in [6.45, 7) is 1.27. The summed E-state index contributed by atoms with van der Waals surface area (Å²) in [6, 6.07) is 9.20. The maximum absolute atomic E-state index is 12.7. The second kappa shape index (κ2) is 6.20. The Morgan fingerprint density at radius 1 is 1.17 bits per heavy atom. The van der Waals surface area contributed by atoms with Crippen molar-refractivity contribution in [1.82, 2.24) is 10.2 Å². The molecule has 1 aliphatic heterocycles. The van der Waals surface area contributed by atoms with Crippen LogP contribution in [0, 0.1) is 0 Å². The number of carbonyl (C=O) groups excluding carboxylic acids is 3. The maximum atomic E-state index is 12.7. The van der Waals surface area contributed by atoms with Crippen LogP contribution in [0.5, 0.6) is 0 Å². The molecule has 1 fully saturated rings. The summed E-state index contributed by atoms with van der Waals surface area (Å²) in [6.07, 6.45) is 0. The lowest BCUT2D eigenvalue weighted by Crippen LogP contribution is -2.41. The molecule has 2 aromatic rings. The lowest BCUT2D eigenvalue weighted by atomic mass is 9.92. The molecule has 0 bridgehead atoms. The molecule has 0 saturated carbocycles. The Morgan fingerprint density at radius 3 is 2.42 bits per heavy atom. The Labute approximate surface area is 152 Å². The zero-order chi connectivity index (χ0) is 17.5. The van der Waals surface area contributed by atoms with Crippen molar-refractivity contribution in [1.29, 1.82) is 0 Å². The molecule has 1 aromatic heterocycles.